The van der Waals surface area contributed by atoms with Gasteiger partial charge in [0.05, 0.1) is 11.5 Å². The van der Waals surface area contributed by atoms with Crippen LogP contribution in [-0.2, 0) is 11.2 Å². The summed E-state index contributed by atoms with van der Waals surface area (Å²) in [5.74, 6) is -1.81. The Morgan fingerprint density at radius 3 is 2.70 bits per heavy atom. The zero-order valence-electron chi connectivity index (χ0n) is 14.8. The molecule has 0 unspecified atom stereocenters. The summed E-state index contributed by atoms with van der Waals surface area (Å²) in [7, 11) is 0. The van der Waals surface area contributed by atoms with Gasteiger partial charge in [0, 0.05) is 41.7 Å². The monoisotopic (exact) mass is 364 g/mol. The molecule has 7 nitrogen and oxygen atoms in total. The van der Waals surface area contributed by atoms with Crippen LogP contribution in [0.25, 0.3) is 0 Å². The van der Waals surface area contributed by atoms with Crippen LogP contribution in [0, 0.1) is 5.92 Å². The molecule has 0 saturated heterocycles. The first-order valence-corrected chi connectivity index (χ1v) is 8.75. The van der Waals surface area contributed by atoms with Gasteiger partial charge in [0.15, 0.2) is 0 Å². The number of aromatic nitrogens is 3. The van der Waals surface area contributed by atoms with Crippen molar-refractivity contribution < 1.29 is 9.90 Å². The van der Waals surface area contributed by atoms with Crippen molar-refractivity contribution in [3.63, 3.8) is 0 Å². The zero-order chi connectivity index (χ0) is 19.0. The van der Waals surface area contributed by atoms with Crippen LogP contribution in [0.3, 0.4) is 0 Å². The summed E-state index contributed by atoms with van der Waals surface area (Å²) in [4.78, 5) is 29.8. The van der Waals surface area contributed by atoms with E-state index in [1.165, 1.54) is 0 Å². The molecule has 4 N–H and O–H groups in total. The van der Waals surface area contributed by atoms with Crippen molar-refractivity contribution in [1.82, 2.24) is 15.2 Å². The maximum atomic E-state index is 13.2. The van der Waals surface area contributed by atoms with Gasteiger partial charge in [-0.3, -0.25) is 19.7 Å². The first-order valence-electron chi connectivity index (χ1n) is 8.75. The molecule has 3 atom stereocenters. The van der Waals surface area contributed by atoms with Gasteiger partial charge in [-0.15, -0.1) is 0 Å². The van der Waals surface area contributed by atoms with Crippen LogP contribution in [0.1, 0.15) is 29.7 Å². The number of hydrogen-bond acceptors (Lipinski definition) is 4. The summed E-state index contributed by atoms with van der Waals surface area (Å²) in [6, 6.07) is 12.6. The third-order valence-corrected chi connectivity index (χ3v) is 5.11. The zero-order valence-corrected chi connectivity index (χ0v) is 14.8. The summed E-state index contributed by atoms with van der Waals surface area (Å²) in [5, 5.41) is 19.4. The fourth-order valence-corrected chi connectivity index (χ4v) is 3.96. The molecule has 1 aliphatic rings. The molecule has 0 bridgehead atoms. The number of carbonyl (C=O) groups excluding carboxylic acids is 1. The molecular weight excluding hydrogens is 344 g/mol. The molecule has 4 rings (SSSR count). The minimum absolute atomic E-state index is 0.171. The lowest BCUT2D eigenvalue weighted by molar-refractivity contribution is -0.130. The normalized spacial score (nSPS) is 24.2. The Kier molecular flexibility index (Phi) is 4.16. The molecule has 7 heteroatoms. The quantitative estimate of drug-likeness (QED) is 0.568. The van der Waals surface area contributed by atoms with Crippen LogP contribution in [0.4, 0.5) is 5.69 Å². The Morgan fingerprint density at radius 2 is 2.00 bits per heavy atom. The molecule has 0 fully saturated rings. The van der Waals surface area contributed by atoms with Gasteiger partial charge in [0.1, 0.15) is 0 Å². The number of rotatable bonds is 3. The predicted molar refractivity (Wildman–Crippen MR) is 100 cm³/mol. The molecular formula is C20H20N4O3. The average molecular weight is 364 g/mol. The maximum absolute atomic E-state index is 13.2. The molecule has 138 valence electrons. The van der Waals surface area contributed by atoms with E-state index in [1.54, 1.807) is 37.5 Å². The lowest BCUT2D eigenvalue weighted by atomic mass is 9.66. The summed E-state index contributed by atoms with van der Waals surface area (Å²) >= 11 is 0. The van der Waals surface area contributed by atoms with Crippen molar-refractivity contribution in [2.24, 2.45) is 5.92 Å². The van der Waals surface area contributed by atoms with E-state index in [2.05, 4.69) is 20.5 Å². The third-order valence-electron chi connectivity index (χ3n) is 5.11. The average Bonchev–Trinajstić information content (AvgIpc) is 3.01. The first kappa shape index (κ1) is 17.2. The third kappa shape index (κ3) is 3.06. The van der Waals surface area contributed by atoms with Crippen LogP contribution in [0.5, 0.6) is 0 Å². The van der Waals surface area contributed by atoms with E-state index in [-0.39, 0.29) is 17.9 Å². The molecule has 1 amide bonds. The van der Waals surface area contributed by atoms with E-state index >= 15 is 0 Å². The van der Waals surface area contributed by atoms with Gasteiger partial charge in [-0.1, -0.05) is 24.3 Å². The van der Waals surface area contributed by atoms with Crippen LogP contribution >= 0.6 is 0 Å². The van der Waals surface area contributed by atoms with Gasteiger partial charge in [0.2, 0.25) is 5.91 Å². The number of fused-ring (bicyclic) bond motifs is 1. The smallest absolute Gasteiger partial charge is 0.267 e. The number of nitrogens with one attached hydrogen (secondary N) is 3. The Labute approximate surface area is 155 Å². The maximum Gasteiger partial charge on any atom is 0.267 e. The van der Waals surface area contributed by atoms with Crippen molar-refractivity contribution in [3.05, 3.63) is 82.0 Å². The topological polar surface area (TPSA) is 111 Å². The van der Waals surface area contributed by atoms with Gasteiger partial charge in [-0.25, -0.2) is 0 Å². The predicted octanol–water partition coefficient (Wildman–Crippen LogP) is 1.79. The highest BCUT2D eigenvalue weighted by atomic mass is 16.3. The standard InChI is InChI=1S/C20H20N4O3/c1-20(27)10-14-16(18(25)24-23-14)15(12-6-5-9-21-11-12)17(20)19(26)22-13-7-3-2-4-8-13/h2-9,11,15,17,27H,10H2,1H3,(H,22,26)(H2,23,24,25)/t15-,17+,20-/m0/s1. The lowest BCUT2D eigenvalue weighted by Crippen LogP contribution is -2.51. The Balaban J connectivity index is 1.82. The van der Waals surface area contributed by atoms with Gasteiger partial charge in [-0.2, -0.15) is 0 Å². The highest BCUT2D eigenvalue weighted by Crippen LogP contribution is 2.44. The Morgan fingerprint density at radius 1 is 1.22 bits per heavy atom. The molecule has 27 heavy (non-hydrogen) atoms. The van der Waals surface area contributed by atoms with Gasteiger partial charge in [0.25, 0.3) is 5.56 Å². The van der Waals surface area contributed by atoms with E-state index in [0.717, 1.165) is 0 Å². The van der Waals surface area contributed by atoms with E-state index in [0.29, 0.717) is 22.5 Å². The summed E-state index contributed by atoms with van der Waals surface area (Å²) < 4.78 is 0. The molecule has 0 saturated carbocycles. The van der Waals surface area contributed by atoms with Crippen molar-refractivity contribution in [3.8, 4) is 0 Å². The van der Waals surface area contributed by atoms with Crippen LogP contribution in [-0.4, -0.2) is 31.8 Å². The second-order valence-electron chi connectivity index (χ2n) is 7.10. The molecule has 2 aromatic heterocycles. The molecule has 0 aliphatic heterocycles. The summed E-state index contributed by atoms with van der Waals surface area (Å²) in [6.07, 6.45) is 3.43. The number of aliphatic hydroxyl groups is 1. The number of aromatic amines is 2. The molecule has 1 aromatic carbocycles. The highest BCUT2D eigenvalue weighted by molar-refractivity contribution is 5.94. The van der Waals surface area contributed by atoms with E-state index < -0.39 is 17.4 Å². The Hall–Kier alpha value is -3.19. The van der Waals surface area contributed by atoms with Crippen LogP contribution in [0.15, 0.2) is 59.7 Å². The van der Waals surface area contributed by atoms with Crippen LogP contribution < -0.4 is 10.9 Å². The number of H-pyrrole nitrogens is 2. The SMILES string of the molecule is C[C@]1(O)Cc2[nH][nH]c(=O)c2[C@H](c2cccnc2)[C@@H]1C(=O)Nc1ccccc1. The van der Waals surface area contributed by atoms with Gasteiger partial charge in [-0.05, 0) is 30.7 Å². The number of carbonyl (C=O) groups is 1. The number of nitrogens with zero attached hydrogens (tertiary/aromatic N) is 1. The van der Waals surface area contributed by atoms with Crippen molar-refractivity contribution in [2.45, 2.75) is 24.9 Å². The fraction of sp³-hybridized carbons (Fsp3) is 0.250. The fourth-order valence-electron chi connectivity index (χ4n) is 3.96. The van der Waals surface area contributed by atoms with Gasteiger partial charge >= 0.3 is 0 Å². The first-order chi connectivity index (χ1) is 13.0. The minimum atomic E-state index is -1.35. The summed E-state index contributed by atoms with van der Waals surface area (Å²) in [6.45, 7) is 1.62. The molecule has 1 aliphatic carbocycles. The number of amides is 1. The minimum Gasteiger partial charge on any atom is -0.389 e. The number of hydrogen-bond donors (Lipinski definition) is 4. The van der Waals surface area contributed by atoms with Crippen LogP contribution in [0.2, 0.25) is 0 Å². The Bertz CT molecular complexity index is 1010. The van der Waals surface area contributed by atoms with Crippen molar-refractivity contribution >= 4 is 11.6 Å². The number of pyridine rings is 1. The highest BCUT2D eigenvalue weighted by Gasteiger charge is 2.50. The van der Waals surface area contributed by atoms with E-state index in [9.17, 15) is 14.7 Å². The summed E-state index contributed by atoms with van der Waals surface area (Å²) in [5.41, 5.74) is 0.795. The van der Waals surface area contributed by atoms with Crippen molar-refractivity contribution in [2.75, 3.05) is 5.32 Å². The second kappa shape index (κ2) is 6.51. The second-order valence-corrected chi connectivity index (χ2v) is 7.10. The van der Waals surface area contributed by atoms with Gasteiger partial charge < -0.3 is 15.5 Å². The largest absolute Gasteiger partial charge is 0.389 e. The molecule has 3 aromatic rings. The van der Waals surface area contributed by atoms with Crippen molar-refractivity contribution in [1.29, 1.82) is 0 Å². The number of anilines is 1. The van der Waals surface area contributed by atoms with E-state index in [4.69, 9.17) is 0 Å². The number of para-hydroxylation sites is 1. The lowest BCUT2D eigenvalue weighted by Gasteiger charge is -2.41. The van der Waals surface area contributed by atoms with E-state index in [1.807, 2.05) is 24.3 Å². The molecule has 0 spiro atoms. The molecule has 2 heterocycles. The number of benzene rings is 1. The molecule has 0 radical (unpaired) electrons.